The van der Waals surface area contributed by atoms with Gasteiger partial charge in [-0.2, -0.15) is 18.1 Å². The summed E-state index contributed by atoms with van der Waals surface area (Å²) in [5.74, 6) is -2.47. The first-order valence-electron chi connectivity index (χ1n) is 3.59. The molecule has 8 heteroatoms. The van der Waals surface area contributed by atoms with Gasteiger partial charge in [0.2, 0.25) is 11.9 Å². The Morgan fingerprint density at radius 1 is 1.20 bits per heavy atom. The van der Waals surface area contributed by atoms with Crippen molar-refractivity contribution in [1.82, 2.24) is 4.98 Å². The lowest BCUT2D eigenvalue weighted by Gasteiger charge is -2.03. The number of rotatable bonds is 1. The van der Waals surface area contributed by atoms with Crippen molar-refractivity contribution in [2.24, 2.45) is 4.36 Å². The molecule has 1 rings (SSSR count). The molecule has 0 saturated carbocycles. The van der Waals surface area contributed by atoms with E-state index in [0.29, 0.717) is 0 Å². The van der Waals surface area contributed by atoms with Crippen LogP contribution in [-0.2, 0) is 9.73 Å². The van der Waals surface area contributed by atoms with Gasteiger partial charge in [-0.1, -0.05) is 23.2 Å². The van der Waals surface area contributed by atoms with Crippen LogP contribution in [0.1, 0.15) is 0 Å². The predicted molar refractivity (Wildman–Crippen MR) is 56.3 cm³/mol. The first-order valence-corrected chi connectivity index (χ1v) is 6.68. The number of nitrogens with zero attached hydrogens (tertiary/aromatic N) is 2. The highest BCUT2D eigenvalue weighted by Crippen LogP contribution is 2.36. The molecule has 0 N–H and O–H groups in total. The van der Waals surface area contributed by atoms with E-state index < -0.39 is 31.7 Å². The van der Waals surface area contributed by atoms with E-state index in [2.05, 4.69) is 9.35 Å². The zero-order chi connectivity index (χ0) is 11.8. The second-order valence-electron chi connectivity index (χ2n) is 2.94. The summed E-state index contributed by atoms with van der Waals surface area (Å²) in [5.41, 5.74) is -0.377. The molecule has 84 valence electrons. The van der Waals surface area contributed by atoms with E-state index in [1.807, 2.05) is 0 Å². The lowest BCUT2D eigenvalue weighted by atomic mass is 10.4. The van der Waals surface area contributed by atoms with Gasteiger partial charge in [0, 0.05) is 22.2 Å². The summed E-state index contributed by atoms with van der Waals surface area (Å²) in [4.78, 5) is 2.81. The van der Waals surface area contributed by atoms with E-state index >= 15 is 0 Å². The second-order valence-corrected chi connectivity index (χ2v) is 6.24. The van der Waals surface area contributed by atoms with Crippen molar-refractivity contribution < 1.29 is 13.0 Å². The van der Waals surface area contributed by atoms with E-state index in [0.717, 1.165) is 0 Å². The van der Waals surface area contributed by atoms with Gasteiger partial charge in [-0.3, -0.25) is 0 Å². The van der Waals surface area contributed by atoms with Crippen LogP contribution in [0.4, 0.5) is 14.5 Å². The minimum absolute atomic E-state index is 0.377. The first-order chi connectivity index (χ1) is 6.72. The van der Waals surface area contributed by atoms with E-state index in [-0.39, 0.29) is 5.69 Å². The van der Waals surface area contributed by atoms with Crippen LogP contribution in [-0.4, -0.2) is 21.7 Å². The molecule has 0 aliphatic heterocycles. The van der Waals surface area contributed by atoms with Gasteiger partial charge < -0.3 is 0 Å². The van der Waals surface area contributed by atoms with E-state index in [9.17, 15) is 13.0 Å². The molecule has 1 aromatic rings. The number of hydrogen-bond donors (Lipinski definition) is 0. The SMILES string of the molecule is CS(C)(=O)=Nc1c(Cl)c(F)nc(F)c1Cl. The average molecular weight is 275 g/mol. The summed E-state index contributed by atoms with van der Waals surface area (Å²) in [5, 5.41) is -1.09. The molecule has 15 heavy (non-hydrogen) atoms. The summed E-state index contributed by atoms with van der Waals surface area (Å²) >= 11 is 10.9. The number of hydrogen-bond acceptors (Lipinski definition) is 3. The molecule has 3 nitrogen and oxygen atoms in total. The molecule has 0 saturated heterocycles. The molecule has 0 spiro atoms. The third-order valence-corrected chi connectivity index (χ3v) is 2.58. The van der Waals surface area contributed by atoms with Crippen LogP contribution < -0.4 is 0 Å². The van der Waals surface area contributed by atoms with Gasteiger partial charge in [0.25, 0.3) is 0 Å². The minimum atomic E-state index is -2.61. The maximum absolute atomic E-state index is 12.9. The minimum Gasteiger partial charge on any atom is -0.250 e. The standard InChI is InChI=1S/C7H6Cl2F2N2OS/c1-15(2,14)13-5-3(8)6(10)12-7(11)4(5)9/h1-2H3. The molecule has 0 radical (unpaired) electrons. The molecular formula is C7H6Cl2F2N2OS. The van der Waals surface area contributed by atoms with E-state index in [1.165, 1.54) is 12.5 Å². The van der Waals surface area contributed by atoms with E-state index in [4.69, 9.17) is 23.2 Å². The Kier molecular flexibility index (Phi) is 3.52. The van der Waals surface area contributed by atoms with Crippen molar-refractivity contribution in [3.8, 4) is 0 Å². The summed E-state index contributed by atoms with van der Waals surface area (Å²) in [6, 6.07) is 0. The summed E-state index contributed by atoms with van der Waals surface area (Å²) in [7, 11) is -2.61. The van der Waals surface area contributed by atoms with Gasteiger partial charge in [-0.25, -0.2) is 4.21 Å². The van der Waals surface area contributed by atoms with Crippen molar-refractivity contribution in [3.05, 3.63) is 21.9 Å². The molecule has 0 atom stereocenters. The average Bonchev–Trinajstić information content (AvgIpc) is 2.08. The molecule has 0 aliphatic rings. The van der Waals surface area contributed by atoms with Gasteiger partial charge >= 0.3 is 0 Å². The molecule has 0 unspecified atom stereocenters. The quantitative estimate of drug-likeness (QED) is 0.739. The maximum Gasteiger partial charge on any atom is 0.236 e. The van der Waals surface area contributed by atoms with Crippen LogP contribution >= 0.6 is 23.2 Å². The molecule has 0 amide bonds. The van der Waals surface area contributed by atoms with Crippen LogP contribution in [0.3, 0.4) is 0 Å². The largest absolute Gasteiger partial charge is 0.250 e. The van der Waals surface area contributed by atoms with Gasteiger partial charge in [-0.05, 0) is 0 Å². The fraction of sp³-hybridized carbons (Fsp3) is 0.286. The molecule has 0 aromatic carbocycles. The Hall–Kier alpha value is -0.460. The topological polar surface area (TPSA) is 42.3 Å². The molecule has 1 heterocycles. The zero-order valence-corrected chi connectivity index (χ0v) is 10.1. The zero-order valence-electron chi connectivity index (χ0n) is 7.72. The van der Waals surface area contributed by atoms with Crippen LogP contribution in [0.25, 0.3) is 0 Å². The summed E-state index contributed by atoms with van der Waals surface area (Å²) in [6.45, 7) is 0. The molecule has 0 fully saturated rings. The smallest absolute Gasteiger partial charge is 0.236 e. The Balaban J connectivity index is 3.62. The fourth-order valence-corrected chi connectivity index (χ4v) is 1.90. The Morgan fingerprint density at radius 3 is 1.93 bits per heavy atom. The van der Waals surface area contributed by atoms with Crippen molar-refractivity contribution in [3.63, 3.8) is 0 Å². The first kappa shape index (κ1) is 12.6. The van der Waals surface area contributed by atoms with Gasteiger partial charge in [0.15, 0.2) is 0 Å². The summed E-state index contributed by atoms with van der Waals surface area (Å²) in [6.07, 6.45) is 2.58. The van der Waals surface area contributed by atoms with Gasteiger partial charge in [0.05, 0.1) is 0 Å². The predicted octanol–water partition coefficient (Wildman–Crippen LogP) is 3.03. The highest BCUT2D eigenvalue weighted by atomic mass is 35.5. The van der Waals surface area contributed by atoms with E-state index in [1.54, 1.807) is 0 Å². The Morgan fingerprint density at radius 2 is 1.60 bits per heavy atom. The van der Waals surface area contributed by atoms with Crippen molar-refractivity contribution in [2.75, 3.05) is 12.5 Å². The Labute approximate surface area is 95.6 Å². The molecule has 0 bridgehead atoms. The lowest BCUT2D eigenvalue weighted by molar-refractivity contribution is 0.514. The van der Waals surface area contributed by atoms with Crippen LogP contribution in [0.5, 0.6) is 0 Å². The Bertz CT molecular complexity index is 492. The normalized spacial score (nSPS) is 11.6. The lowest BCUT2D eigenvalue weighted by Crippen LogP contribution is -1.95. The summed E-state index contributed by atoms with van der Waals surface area (Å²) < 4.78 is 40.7. The maximum atomic E-state index is 12.9. The van der Waals surface area contributed by atoms with Crippen molar-refractivity contribution in [2.45, 2.75) is 0 Å². The molecule has 0 aliphatic carbocycles. The molecular weight excluding hydrogens is 269 g/mol. The highest BCUT2D eigenvalue weighted by Gasteiger charge is 2.17. The van der Waals surface area contributed by atoms with Crippen LogP contribution in [0.15, 0.2) is 4.36 Å². The monoisotopic (exact) mass is 274 g/mol. The van der Waals surface area contributed by atoms with Gasteiger partial charge in [0.1, 0.15) is 15.7 Å². The fourth-order valence-electron chi connectivity index (χ4n) is 0.776. The van der Waals surface area contributed by atoms with Crippen LogP contribution in [0.2, 0.25) is 10.0 Å². The third-order valence-electron chi connectivity index (χ3n) is 1.29. The molecule has 1 aromatic heterocycles. The third kappa shape index (κ3) is 2.99. The van der Waals surface area contributed by atoms with Gasteiger partial charge in [-0.15, -0.1) is 0 Å². The van der Waals surface area contributed by atoms with Crippen molar-refractivity contribution >= 4 is 38.6 Å². The number of aromatic nitrogens is 1. The second kappa shape index (κ2) is 4.19. The van der Waals surface area contributed by atoms with Crippen LogP contribution in [0, 0.1) is 11.9 Å². The highest BCUT2D eigenvalue weighted by molar-refractivity contribution is 7.92. The number of pyridine rings is 1. The number of halogens is 4. The van der Waals surface area contributed by atoms with Crippen molar-refractivity contribution in [1.29, 1.82) is 0 Å².